The first-order chi connectivity index (χ1) is 7.41. The molecule has 0 radical (unpaired) electrons. The Morgan fingerprint density at radius 1 is 1.44 bits per heavy atom. The highest BCUT2D eigenvalue weighted by Crippen LogP contribution is 2.29. The van der Waals surface area contributed by atoms with E-state index in [4.69, 9.17) is 5.11 Å². The van der Waals surface area contributed by atoms with Gasteiger partial charge in [0.25, 0.3) is 6.43 Å². The second kappa shape index (κ2) is 4.52. The van der Waals surface area contributed by atoms with Crippen LogP contribution in [-0.4, -0.2) is 29.3 Å². The van der Waals surface area contributed by atoms with Crippen LogP contribution in [0.4, 0.5) is 13.2 Å². The van der Waals surface area contributed by atoms with Crippen LogP contribution in [0.3, 0.4) is 0 Å². The maximum Gasteiger partial charge on any atom is 0.335 e. The van der Waals surface area contributed by atoms with Gasteiger partial charge in [-0.3, -0.25) is 0 Å². The summed E-state index contributed by atoms with van der Waals surface area (Å²) in [5, 5.41) is 18.0. The number of carboxylic acid groups (broad SMARTS) is 1. The first kappa shape index (κ1) is 12.5. The van der Waals surface area contributed by atoms with Crippen LogP contribution >= 0.6 is 0 Å². The van der Waals surface area contributed by atoms with Gasteiger partial charge in [0.05, 0.1) is 5.56 Å². The number of benzene rings is 1. The molecule has 6 heteroatoms. The molecule has 3 nitrogen and oxygen atoms in total. The third-order valence-electron chi connectivity index (χ3n) is 2.17. The van der Waals surface area contributed by atoms with E-state index in [1.807, 2.05) is 0 Å². The molecule has 0 aliphatic heterocycles. The Balaban J connectivity index is 3.21. The summed E-state index contributed by atoms with van der Waals surface area (Å²) in [6.07, 6.45) is -3.33. The molecule has 88 valence electrons. The Morgan fingerprint density at radius 3 is 2.50 bits per heavy atom. The largest absolute Gasteiger partial charge is 0.478 e. The third kappa shape index (κ3) is 2.16. The second-order valence-corrected chi connectivity index (χ2v) is 3.24. The van der Waals surface area contributed by atoms with E-state index in [2.05, 4.69) is 0 Å². The van der Waals surface area contributed by atoms with Crippen molar-refractivity contribution < 1.29 is 28.2 Å². The zero-order chi connectivity index (χ0) is 12.3. The monoisotopic (exact) mass is 234 g/mol. The molecule has 0 aromatic heterocycles. The van der Waals surface area contributed by atoms with Gasteiger partial charge in [-0.25, -0.2) is 18.0 Å². The van der Waals surface area contributed by atoms with Crippen LogP contribution in [0.1, 0.15) is 15.9 Å². The van der Waals surface area contributed by atoms with Crippen molar-refractivity contribution in [1.29, 1.82) is 0 Å². The molecule has 1 aromatic carbocycles. The smallest absolute Gasteiger partial charge is 0.335 e. The van der Waals surface area contributed by atoms with Crippen molar-refractivity contribution in [3.63, 3.8) is 0 Å². The molecule has 0 aliphatic rings. The SMILES string of the molecule is O=C(O)c1cccc(C(O)(CF)C(F)F)c1. The minimum absolute atomic E-state index is 0.287. The maximum atomic E-state index is 12.5. The number of alkyl halides is 3. The molecule has 0 spiro atoms. The lowest BCUT2D eigenvalue weighted by atomic mass is 9.94. The van der Waals surface area contributed by atoms with Crippen molar-refractivity contribution in [3.05, 3.63) is 35.4 Å². The van der Waals surface area contributed by atoms with Crippen molar-refractivity contribution in [2.45, 2.75) is 12.0 Å². The molecule has 0 saturated carbocycles. The van der Waals surface area contributed by atoms with Gasteiger partial charge < -0.3 is 10.2 Å². The number of carbonyl (C=O) groups is 1. The number of carboxylic acids is 1. The molecule has 0 bridgehead atoms. The van der Waals surface area contributed by atoms with Gasteiger partial charge in [-0.2, -0.15) is 0 Å². The second-order valence-electron chi connectivity index (χ2n) is 3.24. The van der Waals surface area contributed by atoms with Crippen molar-refractivity contribution in [2.75, 3.05) is 6.67 Å². The Kier molecular flexibility index (Phi) is 3.54. The van der Waals surface area contributed by atoms with E-state index in [0.29, 0.717) is 0 Å². The van der Waals surface area contributed by atoms with Crippen LogP contribution in [-0.2, 0) is 5.60 Å². The summed E-state index contributed by atoms with van der Waals surface area (Å²) in [6.45, 7) is -1.69. The fraction of sp³-hybridized carbons (Fsp3) is 0.300. The van der Waals surface area contributed by atoms with Gasteiger partial charge >= 0.3 is 5.97 Å². The highest BCUT2D eigenvalue weighted by Gasteiger charge is 2.40. The van der Waals surface area contributed by atoms with Crippen molar-refractivity contribution in [1.82, 2.24) is 0 Å². The van der Waals surface area contributed by atoms with Crippen LogP contribution in [0, 0.1) is 0 Å². The van der Waals surface area contributed by atoms with E-state index in [1.165, 1.54) is 6.07 Å². The zero-order valence-corrected chi connectivity index (χ0v) is 8.03. The summed E-state index contributed by atoms with van der Waals surface area (Å²) in [4.78, 5) is 10.6. The standard InChI is InChI=1S/C10H9F3O3/c11-5-10(16,9(12)13)7-3-1-2-6(4-7)8(14)15/h1-4,9,16H,5H2,(H,14,15). The summed E-state index contributed by atoms with van der Waals surface area (Å²) in [7, 11) is 0. The normalized spacial score (nSPS) is 14.8. The molecule has 1 rings (SSSR count). The highest BCUT2D eigenvalue weighted by molar-refractivity contribution is 5.87. The van der Waals surface area contributed by atoms with Crippen molar-refractivity contribution in [2.24, 2.45) is 0 Å². The fourth-order valence-corrected chi connectivity index (χ4v) is 1.18. The molecule has 1 atom stereocenters. The number of halogens is 3. The molecule has 0 saturated heterocycles. The van der Waals surface area contributed by atoms with Crippen molar-refractivity contribution >= 4 is 5.97 Å². The fourth-order valence-electron chi connectivity index (χ4n) is 1.18. The Hall–Kier alpha value is -1.56. The highest BCUT2D eigenvalue weighted by atomic mass is 19.3. The maximum absolute atomic E-state index is 12.5. The average Bonchev–Trinajstić information content (AvgIpc) is 2.27. The van der Waals surface area contributed by atoms with Crippen LogP contribution in [0.2, 0.25) is 0 Å². The lowest BCUT2D eigenvalue weighted by molar-refractivity contribution is -0.114. The minimum Gasteiger partial charge on any atom is -0.478 e. The predicted molar refractivity (Wildman–Crippen MR) is 49.3 cm³/mol. The molecule has 1 aromatic rings. The number of hydrogen-bond acceptors (Lipinski definition) is 2. The number of rotatable bonds is 4. The van der Waals surface area contributed by atoms with Crippen LogP contribution in [0.5, 0.6) is 0 Å². The number of hydrogen-bond donors (Lipinski definition) is 2. The Morgan fingerprint density at radius 2 is 2.06 bits per heavy atom. The molecule has 0 aliphatic carbocycles. The molecule has 1 unspecified atom stereocenters. The molecular formula is C10H9F3O3. The van der Waals surface area contributed by atoms with E-state index < -0.39 is 30.2 Å². The molecule has 16 heavy (non-hydrogen) atoms. The summed E-state index contributed by atoms with van der Waals surface area (Å²) < 4.78 is 37.4. The van der Waals surface area contributed by atoms with E-state index in [1.54, 1.807) is 0 Å². The van der Waals surface area contributed by atoms with Gasteiger partial charge in [-0.05, 0) is 17.7 Å². The topological polar surface area (TPSA) is 57.5 Å². The summed E-state index contributed by atoms with van der Waals surface area (Å²) in [6, 6.07) is 4.21. The van der Waals surface area contributed by atoms with Crippen molar-refractivity contribution in [3.8, 4) is 0 Å². The lowest BCUT2D eigenvalue weighted by Crippen LogP contribution is -2.36. The summed E-state index contributed by atoms with van der Waals surface area (Å²) >= 11 is 0. The number of aromatic carboxylic acids is 1. The van der Waals surface area contributed by atoms with Gasteiger partial charge in [0, 0.05) is 0 Å². The van der Waals surface area contributed by atoms with Crippen LogP contribution in [0.15, 0.2) is 24.3 Å². The van der Waals surface area contributed by atoms with Gasteiger partial charge in [0.15, 0.2) is 5.60 Å². The quantitative estimate of drug-likeness (QED) is 0.835. The Bertz CT molecular complexity index is 395. The zero-order valence-electron chi connectivity index (χ0n) is 8.03. The average molecular weight is 234 g/mol. The third-order valence-corrected chi connectivity index (χ3v) is 2.17. The number of aliphatic hydroxyl groups is 1. The van der Waals surface area contributed by atoms with Gasteiger partial charge in [0.2, 0.25) is 0 Å². The Labute approximate surface area is 89.1 Å². The van der Waals surface area contributed by atoms with E-state index in [9.17, 15) is 23.1 Å². The molecule has 0 fully saturated rings. The van der Waals surface area contributed by atoms with Crippen LogP contribution < -0.4 is 0 Å². The minimum atomic E-state index is -3.33. The molecule has 0 amide bonds. The molecule has 2 N–H and O–H groups in total. The summed E-state index contributed by atoms with van der Waals surface area (Å²) in [5.74, 6) is -1.34. The predicted octanol–water partition coefficient (Wildman–Crippen LogP) is 1.81. The first-order valence-electron chi connectivity index (χ1n) is 4.32. The van der Waals surface area contributed by atoms with Gasteiger partial charge in [0.1, 0.15) is 6.67 Å². The van der Waals surface area contributed by atoms with E-state index >= 15 is 0 Å². The van der Waals surface area contributed by atoms with Gasteiger partial charge in [-0.15, -0.1) is 0 Å². The summed E-state index contributed by atoms with van der Waals surface area (Å²) in [5.41, 5.74) is -3.69. The first-order valence-corrected chi connectivity index (χ1v) is 4.32. The van der Waals surface area contributed by atoms with E-state index in [-0.39, 0.29) is 5.56 Å². The lowest BCUT2D eigenvalue weighted by Gasteiger charge is -2.24. The van der Waals surface area contributed by atoms with Gasteiger partial charge in [-0.1, -0.05) is 12.1 Å². The molecular weight excluding hydrogens is 225 g/mol. The van der Waals surface area contributed by atoms with Crippen LogP contribution in [0.25, 0.3) is 0 Å². The molecule has 0 heterocycles. The van der Waals surface area contributed by atoms with E-state index in [0.717, 1.165) is 18.2 Å².